The number of likely N-dealkylation sites (N-methyl/N-ethyl adjacent to an activating group) is 1. The third-order valence-electron chi connectivity index (χ3n) is 2.14. The first-order chi connectivity index (χ1) is 7.61. The van der Waals surface area contributed by atoms with Gasteiger partial charge in [-0.3, -0.25) is 0 Å². The van der Waals surface area contributed by atoms with Crippen molar-refractivity contribution in [1.29, 1.82) is 0 Å². The number of pyridine rings is 1. The van der Waals surface area contributed by atoms with Crippen molar-refractivity contribution in [3.05, 3.63) is 18.3 Å². The monoisotopic (exact) mass is 258 g/mol. The van der Waals surface area contributed by atoms with Crippen molar-refractivity contribution in [3.8, 4) is 0 Å². The first-order valence-electron chi connectivity index (χ1n) is 5.20. The van der Waals surface area contributed by atoms with E-state index in [-0.39, 0.29) is 4.90 Å². The number of hydrogen-bond acceptors (Lipinski definition) is 5. The molecule has 1 aromatic heterocycles. The van der Waals surface area contributed by atoms with Gasteiger partial charge in [-0.05, 0) is 26.0 Å². The highest BCUT2D eigenvalue weighted by molar-refractivity contribution is 7.90. The van der Waals surface area contributed by atoms with Crippen LogP contribution in [0.2, 0.25) is 0 Å². The smallest absolute Gasteiger partial charge is 0.179 e. The zero-order valence-corrected chi connectivity index (χ0v) is 11.3. The quantitative estimate of drug-likeness (QED) is 0.860. The molecule has 0 aliphatic rings. The lowest BCUT2D eigenvalue weighted by Gasteiger charge is -2.27. The van der Waals surface area contributed by atoms with Crippen LogP contribution >= 0.6 is 0 Å². The van der Waals surface area contributed by atoms with Crippen molar-refractivity contribution in [2.45, 2.75) is 24.3 Å². The second-order valence-electron chi connectivity index (χ2n) is 4.77. The minimum absolute atomic E-state index is 0.173. The van der Waals surface area contributed by atoms with Crippen molar-refractivity contribution in [3.63, 3.8) is 0 Å². The Morgan fingerprint density at radius 1 is 1.47 bits per heavy atom. The normalized spacial score (nSPS) is 12.5. The molecular weight excluding hydrogens is 240 g/mol. The highest BCUT2D eigenvalue weighted by Gasteiger charge is 2.21. The summed E-state index contributed by atoms with van der Waals surface area (Å²) in [6.07, 6.45) is 2.68. The highest BCUT2D eigenvalue weighted by Crippen LogP contribution is 2.22. The zero-order valence-electron chi connectivity index (χ0n) is 10.5. The predicted octanol–water partition coefficient (Wildman–Crippen LogP) is 0.692. The molecule has 5 nitrogen and oxygen atoms in total. The molecule has 0 unspecified atom stereocenters. The minimum atomic E-state index is -3.32. The highest BCUT2D eigenvalue weighted by atomic mass is 32.2. The molecule has 1 N–H and O–H groups in total. The zero-order chi connectivity index (χ0) is 13.3. The molecule has 0 fully saturated rings. The Hall–Kier alpha value is -1.14. The number of nitrogens with zero attached hydrogens (tertiary/aromatic N) is 2. The molecule has 1 heterocycles. The van der Waals surface area contributed by atoms with E-state index in [1.807, 2.05) is 0 Å². The number of aliphatic hydroxyl groups is 1. The van der Waals surface area contributed by atoms with Gasteiger partial charge in [0, 0.05) is 26.0 Å². The average molecular weight is 258 g/mol. The summed E-state index contributed by atoms with van der Waals surface area (Å²) in [7, 11) is -1.62. The van der Waals surface area contributed by atoms with Crippen molar-refractivity contribution in [2.75, 3.05) is 24.7 Å². The third-order valence-corrected chi connectivity index (χ3v) is 3.25. The van der Waals surface area contributed by atoms with Crippen molar-refractivity contribution < 1.29 is 13.5 Å². The topological polar surface area (TPSA) is 70.5 Å². The summed E-state index contributed by atoms with van der Waals surface area (Å²) in [4.78, 5) is 5.87. The molecule has 17 heavy (non-hydrogen) atoms. The van der Waals surface area contributed by atoms with Crippen LogP contribution in [0, 0.1) is 0 Å². The van der Waals surface area contributed by atoms with Crippen LogP contribution in [0.25, 0.3) is 0 Å². The molecule has 0 aliphatic carbocycles. The van der Waals surface area contributed by atoms with Gasteiger partial charge in [-0.2, -0.15) is 0 Å². The van der Waals surface area contributed by atoms with Gasteiger partial charge in [0.05, 0.1) is 5.60 Å². The van der Waals surface area contributed by atoms with Gasteiger partial charge in [0.25, 0.3) is 0 Å². The van der Waals surface area contributed by atoms with Crippen LogP contribution in [0.1, 0.15) is 13.8 Å². The summed E-state index contributed by atoms with van der Waals surface area (Å²) in [6.45, 7) is 3.62. The Morgan fingerprint density at radius 3 is 2.53 bits per heavy atom. The maximum absolute atomic E-state index is 11.6. The van der Waals surface area contributed by atoms with Crippen LogP contribution in [0.15, 0.2) is 23.2 Å². The number of anilines is 1. The van der Waals surface area contributed by atoms with E-state index in [9.17, 15) is 13.5 Å². The lowest BCUT2D eigenvalue weighted by Crippen LogP contribution is -2.37. The molecule has 0 aliphatic heterocycles. The molecule has 0 aromatic carbocycles. The Morgan fingerprint density at radius 2 is 2.06 bits per heavy atom. The SMILES string of the molecule is CN(CC(C)(C)O)c1ncccc1S(C)(=O)=O. The first kappa shape index (κ1) is 13.9. The Bertz CT molecular complexity index is 492. The Labute approximate surface area is 102 Å². The number of aromatic nitrogens is 1. The van der Waals surface area contributed by atoms with E-state index >= 15 is 0 Å². The van der Waals surface area contributed by atoms with Crippen LogP contribution in [0.4, 0.5) is 5.82 Å². The van der Waals surface area contributed by atoms with Gasteiger partial charge in [-0.1, -0.05) is 0 Å². The molecule has 0 bridgehead atoms. The van der Waals surface area contributed by atoms with E-state index in [2.05, 4.69) is 4.98 Å². The van der Waals surface area contributed by atoms with E-state index < -0.39 is 15.4 Å². The second kappa shape index (κ2) is 4.62. The molecule has 1 aromatic rings. The lowest BCUT2D eigenvalue weighted by atomic mass is 10.1. The average Bonchev–Trinajstić information content (AvgIpc) is 2.13. The molecule has 6 heteroatoms. The van der Waals surface area contributed by atoms with Crippen molar-refractivity contribution >= 4 is 15.7 Å². The van der Waals surface area contributed by atoms with Gasteiger partial charge < -0.3 is 10.0 Å². The largest absolute Gasteiger partial charge is 0.389 e. The number of sulfone groups is 1. The van der Waals surface area contributed by atoms with E-state index in [0.717, 1.165) is 6.26 Å². The van der Waals surface area contributed by atoms with E-state index in [1.165, 1.54) is 12.3 Å². The van der Waals surface area contributed by atoms with Gasteiger partial charge >= 0.3 is 0 Å². The molecule has 96 valence electrons. The Balaban J connectivity index is 3.15. The van der Waals surface area contributed by atoms with Crippen LogP contribution in [-0.4, -0.2) is 44.0 Å². The Kier molecular flexibility index (Phi) is 3.78. The summed E-state index contributed by atoms with van der Waals surface area (Å²) in [6, 6.07) is 3.09. The van der Waals surface area contributed by atoms with E-state index in [1.54, 1.807) is 31.9 Å². The fourth-order valence-electron chi connectivity index (χ4n) is 1.61. The summed E-state index contributed by atoms with van der Waals surface area (Å²) in [5, 5.41) is 9.72. The number of hydrogen-bond donors (Lipinski definition) is 1. The van der Waals surface area contributed by atoms with Gasteiger partial charge in [0.15, 0.2) is 9.84 Å². The fourth-order valence-corrected chi connectivity index (χ4v) is 2.48. The third kappa shape index (κ3) is 3.98. The first-order valence-corrected chi connectivity index (χ1v) is 7.09. The standard InChI is InChI=1S/C11H18N2O3S/c1-11(2,14)8-13(3)10-9(17(4,15)16)6-5-7-12-10/h5-7,14H,8H2,1-4H3. The lowest BCUT2D eigenvalue weighted by molar-refractivity contribution is 0.0883. The maximum atomic E-state index is 11.6. The van der Waals surface area contributed by atoms with E-state index in [0.29, 0.717) is 12.4 Å². The van der Waals surface area contributed by atoms with Crippen LogP contribution in [-0.2, 0) is 9.84 Å². The molecule has 0 atom stereocenters. The molecular formula is C11H18N2O3S. The number of rotatable bonds is 4. The molecule has 0 saturated carbocycles. The van der Waals surface area contributed by atoms with E-state index in [4.69, 9.17) is 0 Å². The van der Waals surface area contributed by atoms with Gasteiger partial charge in [0.1, 0.15) is 10.7 Å². The van der Waals surface area contributed by atoms with Crippen molar-refractivity contribution in [2.24, 2.45) is 0 Å². The molecule has 0 saturated heterocycles. The van der Waals surface area contributed by atoms with Crippen molar-refractivity contribution in [1.82, 2.24) is 4.98 Å². The molecule has 0 spiro atoms. The minimum Gasteiger partial charge on any atom is -0.389 e. The summed E-state index contributed by atoms with van der Waals surface area (Å²) < 4.78 is 23.2. The molecule has 0 radical (unpaired) electrons. The molecule has 0 amide bonds. The van der Waals surface area contributed by atoms with Crippen LogP contribution in [0.5, 0.6) is 0 Å². The van der Waals surface area contributed by atoms with Gasteiger partial charge in [0.2, 0.25) is 0 Å². The van der Waals surface area contributed by atoms with Crippen LogP contribution < -0.4 is 4.90 Å². The van der Waals surface area contributed by atoms with Crippen LogP contribution in [0.3, 0.4) is 0 Å². The summed E-state index contributed by atoms with van der Waals surface area (Å²) in [5.74, 6) is 0.358. The second-order valence-corrected chi connectivity index (χ2v) is 6.75. The summed E-state index contributed by atoms with van der Waals surface area (Å²) >= 11 is 0. The van der Waals surface area contributed by atoms with Gasteiger partial charge in [-0.15, -0.1) is 0 Å². The molecule has 1 rings (SSSR count). The predicted molar refractivity (Wildman–Crippen MR) is 66.9 cm³/mol. The van der Waals surface area contributed by atoms with Gasteiger partial charge in [-0.25, -0.2) is 13.4 Å². The maximum Gasteiger partial charge on any atom is 0.179 e. The fraction of sp³-hybridized carbons (Fsp3) is 0.545. The summed E-state index contributed by atoms with van der Waals surface area (Å²) in [5.41, 5.74) is -0.916.